The average molecular weight is 131 g/mol. The minimum atomic E-state index is -0.920. The number of rotatable bonds is 2. The largest absolute Gasteiger partial charge is 0.389 e. The molecule has 0 spiro atoms. The van der Waals surface area contributed by atoms with Crippen LogP contribution in [0.4, 0.5) is 4.79 Å². The molecule has 2 amide bonds. The molecule has 0 unspecified atom stereocenters. The lowest BCUT2D eigenvalue weighted by Crippen LogP contribution is -2.37. The van der Waals surface area contributed by atoms with E-state index in [1.165, 1.54) is 0 Å². The molecule has 9 heavy (non-hydrogen) atoms. The molecule has 0 heterocycles. The smallest absolute Gasteiger partial charge is 0.333 e. The van der Waals surface area contributed by atoms with Crippen LogP contribution in [-0.4, -0.2) is 23.3 Å². The first-order chi connectivity index (χ1) is 3.92. The number of hydrogen-bond acceptors (Lipinski definition) is 2. The first-order valence-corrected chi connectivity index (χ1v) is 2.63. The summed E-state index contributed by atoms with van der Waals surface area (Å²) in [6.45, 7) is 3.24. The van der Waals surface area contributed by atoms with Crippen LogP contribution in [0.1, 0.15) is 13.8 Å². The Labute approximate surface area is 54.0 Å². The van der Waals surface area contributed by atoms with Gasteiger partial charge in [0.2, 0.25) is 0 Å². The highest BCUT2D eigenvalue weighted by molar-refractivity contribution is 5.70. The van der Waals surface area contributed by atoms with Crippen LogP contribution < -0.4 is 11.1 Å². The highest BCUT2D eigenvalue weighted by atomic mass is 16.3. The van der Waals surface area contributed by atoms with Gasteiger partial charge in [0.1, 0.15) is 0 Å². The minimum absolute atomic E-state index is 0.120. The van der Waals surface area contributed by atoms with Crippen molar-refractivity contribution in [2.45, 2.75) is 19.4 Å². The predicted octanol–water partition coefficient (Wildman–Crippen LogP) is -0.250. The van der Waals surface area contributed by atoms with Crippen molar-refractivity contribution in [3.05, 3.63) is 0 Å². The van der Waals surface area contributed by atoms with E-state index in [-0.39, 0.29) is 6.54 Å². The molecule has 0 saturated carbocycles. The van der Waals surface area contributed by atoms with Gasteiger partial charge in [0.15, 0.2) is 0 Å². The zero-order chi connectivity index (χ0) is 7.49. The molecule has 0 aromatic rings. The van der Waals surface area contributed by atoms with E-state index in [9.17, 15) is 4.79 Å². The summed E-state index contributed by atoms with van der Waals surface area (Å²) in [5.74, 6) is 0. The average Bonchev–Trinajstić information content (AvgIpc) is 1.59. The molecule has 4 nitrogen and oxygen atoms in total. The van der Waals surface area contributed by atoms with Crippen LogP contribution in [-0.2, 0) is 0 Å². The van der Waals surface area contributed by atoms with Crippen LogP contribution in [0.15, 0.2) is 0 Å². The molecule has 0 aliphatic heterocycles. The zero-order valence-electron chi connectivity index (χ0n) is 5.56. The summed E-state index contributed by atoms with van der Waals surface area (Å²) in [6.07, 6.45) is 0. The number of amides is 2. The second kappa shape index (κ2) is 2.68. The lowest BCUT2D eigenvalue weighted by molar-refractivity contribution is 0.0823. The summed E-state index contributed by atoms with van der Waals surface area (Å²) >= 11 is 0. The molecule has 0 rings (SSSR count). The van der Waals surface area contributed by atoms with Crippen molar-refractivity contribution in [1.82, 2.24) is 11.1 Å². The van der Waals surface area contributed by atoms with Gasteiger partial charge in [-0.2, -0.15) is 0 Å². The third-order valence-corrected chi connectivity index (χ3v) is 0.682. The lowest BCUT2D eigenvalue weighted by Gasteiger charge is -2.15. The maximum Gasteiger partial charge on any atom is 0.333 e. The predicted molar refractivity (Wildman–Crippen MR) is 32.8 cm³/mol. The highest BCUT2D eigenvalue weighted by Gasteiger charge is 2.11. The van der Waals surface area contributed by atoms with Crippen LogP contribution in [0.25, 0.3) is 0 Å². The third-order valence-electron chi connectivity index (χ3n) is 0.682. The van der Waals surface area contributed by atoms with Gasteiger partial charge in [0.05, 0.1) is 5.60 Å². The van der Waals surface area contributed by atoms with Gasteiger partial charge in [0, 0.05) is 6.54 Å². The molecule has 0 saturated heterocycles. The fraction of sp³-hybridized carbons (Fsp3) is 0.800. The van der Waals surface area contributed by atoms with Crippen LogP contribution >= 0.6 is 0 Å². The number of aliphatic hydroxyl groups is 1. The zero-order valence-corrected chi connectivity index (χ0v) is 5.56. The molecule has 0 aromatic carbocycles. The second-order valence-electron chi connectivity index (χ2n) is 2.50. The molecule has 0 aliphatic carbocycles. The number of nitrogens with one attached hydrogen (secondary N) is 2. The number of urea groups is 1. The van der Waals surface area contributed by atoms with Crippen molar-refractivity contribution in [2.24, 2.45) is 0 Å². The third kappa shape index (κ3) is 7.23. The van der Waals surface area contributed by atoms with Crippen molar-refractivity contribution in [3.8, 4) is 0 Å². The normalized spacial score (nSPS) is 11.0. The first kappa shape index (κ1) is 8.23. The van der Waals surface area contributed by atoms with Crippen molar-refractivity contribution in [1.29, 1.82) is 0 Å². The Morgan fingerprint density at radius 3 is 2.33 bits per heavy atom. The van der Waals surface area contributed by atoms with E-state index in [1.807, 2.05) is 0 Å². The fourth-order valence-electron chi connectivity index (χ4n) is 0.297. The van der Waals surface area contributed by atoms with Crippen molar-refractivity contribution >= 4 is 6.03 Å². The van der Waals surface area contributed by atoms with E-state index in [0.717, 1.165) is 0 Å². The maximum atomic E-state index is 9.93. The Kier molecular flexibility index (Phi) is 2.45. The Morgan fingerprint density at radius 1 is 1.78 bits per heavy atom. The van der Waals surface area contributed by atoms with Crippen molar-refractivity contribution in [2.75, 3.05) is 6.54 Å². The minimum Gasteiger partial charge on any atom is -0.389 e. The lowest BCUT2D eigenvalue weighted by atomic mass is 10.1. The number of carbonyl (C=O) groups excluding carboxylic acids is 1. The Bertz CT molecular complexity index is 106. The molecule has 0 fully saturated rings. The molecule has 53 valence electrons. The van der Waals surface area contributed by atoms with E-state index in [1.54, 1.807) is 13.8 Å². The maximum absolute atomic E-state index is 9.93. The summed E-state index contributed by atoms with van der Waals surface area (Å²) in [5.41, 5.74) is 5.48. The van der Waals surface area contributed by atoms with Gasteiger partial charge in [-0.3, -0.25) is 0 Å². The van der Waals surface area contributed by atoms with Gasteiger partial charge >= 0.3 is 6.03 Å². The van der Waals surface area contributed by atoms with Crippen LogP contribution in [0, 0.1) is 0 Å². The van der Waals surface area contributed by atoms with E-state index in [2.05, 4.69) is 5.32 Å². The quantitative estimate of drug-likeness (QED) is 0.542. The summed E-state index contributed by atoms with van der Waals surface area (Å²) in [4.78, 5) is 9.93. The fourth-order valence-corrected chi connectivity index (χ4v) is 0.297. The SMILES string of the molecule is CC(C)(O)CNC([NH])=O. The molecule has 0 bridgehead atoms. The van der Waals surface area contributed by atoms with E-state index in [4.69, 9.17) is 10.8 Å². The summed E-state index contributed by atoms with van der Waals surface area (Å²) < 4.78 is 0. The highest BCUT2D eigenvalue weighted by Crippen LogP contribution is 1.96. The first-order valence-electron chi connectivity index (χ1n) is 2.63. The summed E-state index contributed by atoms with van der Waals surface area (Å²) in [5, 5.41) is 11.1. The van der Waals surface area contributed by atoms with E-state index < -0.39 is 11.6 Å². The van der Waals surface area contributed by atoms with Gasteiger partial charge < -0.3 is 10.4 Å². The number of carbonyl (C=O) groups is 1. The number of hydrogen-bond donors (Lipinski definition) is 2. The van der Waals surface area contributed by atoms with Crippen LogP contribution in [0.5, 0.6) is 0 Å². The van der Waals surface area contributed by atoms with Gasteiger partial charge in [-0.05, 0) is 13.8 Å². The molecule has 1 radical (unpaired) electrons. The molecule has 4 heteroatoms. The Morgan fingerprint density at radius 2 is 2.22 bits per heavy atom. The molecular weight excluding hydrogens is 120 g/mol. The molecular formula is C5H11N2O2. The summed E-state index contributed by atoms with van der Waals surface area (Å²) in [6, 6.07) is -0.864. The standard InChI is InChI=1S/C5H11N2O2/c1-5(2,9)3-7-4(6)8/h6,9H,3H2,1-2H3,(H,7,8). The van der Waals surface area contributed by atoms with Crippen LogP contribution in [0.2, 0.25) is 0 Å². The summed E-state index contributed by atoms with van der Waals surface area (Å²) in [7, 11) is 0. The van der Waals surface area contributed by atoms with E-state index in [0.29, 0.717) is 0 Å². The monoisotopic (exact) mass is 131 g/mol. The van der Waals surface area contributed by atoms with Gasteiger partial charge in [0.25, 0.3) is 0 Å². The molecule has 0 aromatic heterocycles. The van der Waals surface area contributed by atoms with Gasteiger partial charge in [-0.1, -0.05) is 0 Å². The molecule has 0 atom stereocenters. The van der Waals surface area contributed by atoms with Crippen molar-refractivity contribution in [3.63, 3.8) is 0 Å². The topological polar surface area (TPSA) is 73.1 Å². The van der Waals surface area contributed by atoms with Crippen LogP contribution in [0.3, 0.4) is 0 Å². The van der Waals surface area contributed by atoms with Crippen molar-refractivity contribution < 1.29 is 9.90 Å². The Balaban J connectivity index is 3.39. The van der Waals surface area contributed by atoms with E-state index >= 15 is 0 Å². The van der Waals surface area contributed by atoms with Gasteiger partial charge in [-0.25, -0.2) is 10.5 Å². The Hall–Kier alpha value is -0.770. The molecule has 0 aliphatic rings. The van der Waals surface area contributed by atoms with Gasteiger partial charge in [-0.15, -0.1) is 0 Å². The molecule has 3 N–H and O–H groups in total. The second-order valence-corrected chi connectivity index (χ2v) is 2.50.